The third-order valence-electron chi connectivity index (χ3n) is 5.08. The number of thiazole rings is 1. The summed E-state index contributed by atoms with van der Waals surface area (Å²) < 4.78 is 6.93. The summed E-state index contributed by atoms with van der Waals surface area (Å²) in [7, 11) is 0. The molecule has 2 aliphatic rings. The lowest BCUT2D eigenvalue weighted by Crippen LogP contribution is -2.51. The van der Waals surface area contributed by atoms with E-state index in [9.17, 15) is 4.79 Å². The van der Waals surface area contributed by atoms with Gasteiger partial charge >= 0.3 is 0 Å². The first kappa shape index (κ1) is 16.0. The van der Waals surface area contributed by atoms with Gasteiger partial charge in [-0.3, -0.25) is 4.79 Å². The number of H-pyrrole nitrogens is 1. The van der Waals surface area contributed by atoms with E-state index in [-0.39, 0.29) is 11.5 Å². The number of carbonyl (C=O) groups excluding carboxylic acids is 1. The average molecular weight is 361 g/mol. The van der Waals surface area contributed by atoms with Crippen molar-refractivity contribution in [3.63, 3.8) is 0 Å². The summed E-state index contributed by atoms with van der Waals surface area (Å²) in [5, 5.41) is 0. The van der Waals surface area contributed by atoms with E-state index in [2.05, 4.69) is 29.2 Å². The average Bonchev–Trinajstić information content (AvgIpc) is 3.08. The van der Waals surface area contributed by atoms with Crippen molar-refractivity contribution in [2.24, 2.45) is 0 Å². The van der Waals surface area contributed by atoms with Crippen LogP contribution in [-0.4, -0.2) is 35.5 Å². The topological polar surface area (TPSA) is 45.3 Å². The van der Waals surface area contributed by atoms with Crippen LogP contribution in [0.4, 0.5) is 0 Å². The molecule has 0 radical (unpaired) electrons. The van der Waals surface area contributed by atoms with Crippen LogP contribution < -0.4 is 0 Å². The number of aromatic amines is 1. The van der Waals surface area contributed by atoms with Crippen molar-refractivity contribution in [1.29, 1.82) is 0 Å². The Kier molecular flexibility index (Phi) is 4.06. The number of ether oxygens (including phenoxy) is 1. The fourth-order valence-electron chi connectivity index (χ4n) is 3.82. The standard InChI is InChI=1S/C18H20N2O2S2/c1-12-15(24-17(23)19-12)10-16(21)20-8-9-22-18(11-20)7-6-13-4-2-3-5-14(13)18/h2-5H,6-11H2,1H3,(H,19,23)/t18-/m0/s1. The van der Waals surface area contributed by atoms with Crippen molar-refractivity contribution in [2.75, 3.05) is 19.7 Å². The number of nitrogens with one attached hydrogen (secondary N) is 1. The summed E-state index contributed by atoms with van der Waals surface area (Å²) in [6.07, 6.45) is 2.40. The van der Waals surface area contributed by atoms with Gasteiger partial charge in [0.15, 0.2) is 3.95 Å². The number of rotatable bonds is 2. The highest BCUT2D eigenvalue weighted by molar-refractivity contribution is 7.73. The fourth-order valence-corrected chi connectivity index (χ4v) is 5.10. The molecule has 126 valence electrons. The number of hydrogen-bond donors (Lipinski definition) is 1. The minimum Gasteiger partial charge on any atom is -0.367 e. The number of nitrogens with zero attached hydrogens (tertiary/aromatic N) is 1. The highest BCUT2D eigenvalue weighted by Crippen LogP contribution is 2.42. The first-order valence-corrected chi connectivity index (χ1v) is 9.49. The van der Waals surface area contributed by atoms with E-state index in [0.717, 1.165) is 27.4 Å². The van der Waals surface area contributed by atoms with Gasteiger partial charge in [0, 0.05) is 17.1 Å². The molecule has 1 aliphatic carbocycles. The molecule has 1 saturated heterocycles. The number of benzene rings is 1. The largest absolute Gasteiger partial charge is 0.367 e. The van der Waals surface area contributed by atoms with Crippen molar-refractivity contribution >= 4 is 29.5 Å². The zero-order valence-corrected chi connectivity index (χ0v) is 15.3. The molecule has 1 aromatic heterocycles. The summed E-state index contributed by atoms with van der Waals surface area (Å²) in [4.78, 5) is 18.9. The molecular weight excluding hydrogens is 340 g/mol. The van der Waals surface area contributed by atoms with Gasteiger partial charge in [-0.2, -0.15) is 0 Å². The molecule has 0 bridgehead atoms. The van der Waals surface area contributed by atoms with E-state index in [0.29, 0.717) is 26.1 Å². The van der Waals surface area contributed by atoms with E-state index in [1.165, 1.54) is 22.5 Å². The van der Waals surface area contributed by atoms with Crippen LogP contribution in [0.2, 0.25) is 0 Å². The Morgan fingerprint density at radius 3 is 3.08 bits per heavy atom. The minimum atomic E-state index is -0.315. The number of morpholine rings is 1. The Bertz CT molecular complexity index is 838. The van der Waals surface area contributed by atoms with Crippen LogP contribution >= 0.6 is 23.6 Å². The maximum Gasteiger partial charge on any atom is 0.228 e. The van der Waals surface area contributed by atoms with E-state index in [1.54, 1.807) is 0 Å². The van der Waals surface area contributed by atoms with Crippen molar-refractivity contribution < 1.29 is 9.53 Å². The van der Waals surface area contributed by atoms with Gasteiger partial charge < -0.3 is 14.6 Å². The summed E-state index contributed by atoms with van der Waals surface area (Å²) in [6, 6.07) is 8.46. The Morgan fingerprint density at radius 1 is 1.46 bits per heavy atom. The second-order valence-electron chi connectivity index (χ2n) is 6.55. The second-order valence-corrected chi connectivity index (χ2v) is 8.33. The Hall–Kier alpha value is -1.50. The zero-order chi connectivity index (χ0) is 16.7. The van der Waals surface area contributed by atoms with Crippen LogP contribution in [0.25, 0.3) is 0 Å². The molecule has 0 saturated carbocycles. The van der Waals surface area contributed by atoms with Gasteiger partial charge in [0.1, 0.15) is 5.60 Å². The SMILES string of the molecule is Cc1[nH]c(=S)sc1CC(=O)N1CCO[C@@]2(CCc3ccccc32)C1. The molecule has 1 N–H and O–H groups in total. The molecule has 2 aromatic rings. The number of aromatic nitrogens is 1. The predicted molar refractivity (Wildman–Crippen MR) is 96.9 cm³/mol. The third kappa shape index (κ3) is 2.72. The Labute approximate surface area is 150 Å². The number of carbonyl (C=O) groups is 1. The number of amides is 1. The number of hydrogen-bond acceptors (Lipinski definition) is 4. The first-order chi connectivity index (χ1) is 11.6. The van der Waals surface area contributed by atoms with Crippen LogP contribution in [0, 0.1) is 10.9 Å². The third-order valence-corrected chi connectivity index (χ3v) is 6.42. The molecule has 1 atom stereocenters. The number of fused-ring (bicyclic) bond motifs is 2. The molecule has 1 spiro atoms. The normalized spacial score (nSPS) is 22.8. The second kappa shape index (κ2) is 6.10. The molecule has 1 aliphatic heterocycles. The number of aryl methyl sites for hydroxylation is 2. The maximum absolute atomic E-state index is 12.8. The lowest BCUT2D eigenvalue weighted by Gasteiger charge is -2.41. The minimum absolute atomic E-state index is 0.162. The molecule has 1 fully saturated rings. The lowest BCUT2D eigenvalue weighted by molar-refractivity contribution is -0.151. The Morgan fingerprint density at radius 2 is 2.29 bits per heavy atom. The van der Waals surface area contributed by atoms with Crippen LogP contribution in [-0.2, 0) is 28.0 Å². The molecule has 1 amide bonds. The summed E-state index contributed by atoms with van der Waals surface area (Å²) >= 11 is 6.67. The summed E-state index contributed by atoms with van der Waals surface area (Å²) in [5.74, 6) is 0.162. The predicted octanol–water partition coefficient (Wildman–Crippen LogP) is 3.36. The molecule has 24 heavy (non-hydrogen) atoms. The molecule has 4 rings (SSSR count). The van der Waals surface area contributed by atoms with Crippen LogP contribution in [0.1, 0.15) is 28.1 Å². The van der Waals surface area contributed by atoms with Gasteiger partial charge in [0.05, 0.1) is 19.6 Å². The van der Waals surface area contributed by atoms with Crippen molar-refractivity contribution in [3.05, 3.63) is 49.9 Å². The fraction of sp³-hybridized carbons (Fsp3) is 0.444. The lowest BCUT2D eigenvalue weighted by atomic mass is 9.93. The van der Waals surface area contributed by atoms with Gasteiger partial charge in [-0.25, -0.2) is 0 Å². The van der Waals surface area contributed by atoms with Crippen LogP contribution in [0.15, 0.2) is 24.3 Å². The maximum atomic E-state index is 12.8. The highest BCUT2D eigenvalue weighted by Gasteiger charge is 2.44. The molecule has 6 heteroatoms. The molecule has 1 aromatic carbocycles. The van der Waals surface area contributed by atoms with Gasteiger partial charge in [-0.1, -0.05) is 24.3 Å². The van der Waals surface area contributed by atoms with Crippen LogP contribution in [0.5, 0.6) is 0 Å². The molecule has 2 heterocycles. The van der Waals surface area contributed by atoms with Crippen molar-refractivity contribution in [3.8, 4) is 0 Å². The van der Waals surface area contributed by atoms with Crippen LogP contribution in [0.3, 0.4) is 0 Å². The van der Waals surface area contributed by atoms with E-state index in [1.807, 2.05) is 11.8 Å². The van der Waals surface area contributed by atoms with Gasteiger partial charge in [0.25, 0.3) is 0 Å². The van der Waals surface area contributed by atoms with Crippen molar-refractivity contribution in [1.82, 2.24) is 9.88 Å². The smallest absolute Gasteiger partial charge is 0.228 e. The molecule has 4 nitrogen and oxygen atoms in total. The van der Waals surface area contributed by atoms with Gasteiger partial charge in [0.2, 0.25) is 5.91 Å². The molecular formula is C18H20N2O2S2. The van der Waals surface area contributed by atoms with E-state index >= 15 is 0 Å². The first-order valence-electron chi connectivity index (χ1n) is 8.26. The highest BCUT2D eigenvalue weighted by atomic mass is 32.1. The van der Waals surface area contributed by atoms with Gasteiger partial charge in [-0.15, -0.1) is 11.3 Å². The Balaban J connectivity index is 1.54. The zero-order valence-electron chi connectivity index (χ0n) is 13.6. The van der Waals surface area contributed by atoms with E-state index < -0.39 is 0 Å². The van der Waals surface area contributed by atoms with Gasteiger partial charge in [-0.05, 0) is 43.1 Å². The monoisotopic (exact) mass is 360 g/mol. The quantitative estimate of drug-likeness (QED) is 0.836. The summed E-state index contributed by atoms with van der Waals surface area (Å²) in [6.45, 7) is 3.89. The summed E-state index contributed by atoms with van der Waals surface area (Å²) in [5.41, 5.74) is 3.30. The van der Waals surface area contributed by atoms with E-state index in [4.69, 9.17) is 17.0 Å². The van der Waals surface area contributed by atoms with Crippen molar-refractivity contribution in [2.45, 2.75) is 31.8 Å². The molecule has 0 unspecified atom stereocenters.